The first-order valence-corrected chi connectivity index (χ1v) is 21.6. The maximum atomic E-state index is 13.3. The summed E-state index contributed by atoms with van der Waals surface area (Å²) in [7, 11) is 0. The molecule has 0 bridgehead atoms. The molecular weight excluding hydrogens is 792 g/mol. The summed E-state index contributed by atoms with van der Waals surface area (Å²) in [6.07, 6.45) is 13.1. The molecule has 15 heteroatoms. The SMILES string of the molecule is C=CC(=O)OCCCCCCOC(=O)C1CCC(C(=O)Oc2ccc(OC(=O)C3CCC(C(=O)OCCCCCCOC(O)C=C)CC3)c(OCCCOC(=O)C=C)c2)CC1. The van der Waals surface area contributed by atoms with Crippen molar-refractivity contribution in [2.75, 3.05) is 39.6 Å². The van der Waals surface area contributed by atoms with Crippen molar-refractivity contribution in [1.82, 2.24) is 0 Å². The Balaban J connectivity index is 1.44. The molecule has 2 aliphatic rings. The number of carbonyl (C=O) groups is 6. The lowest BCUT2D eigenvalue weighted by Crippen LogP contribution is -2.30. The number of aliphatic hydroxyl groups is 1. The van der Waals surface area contributed by atoms with Crippen molar-refractivity contribution in [3.63, 3.8) is 0 Å². The van der Waals surface area contributed by atoms with Gasteiger partial charge in [0.1, 0.15) is 5.75 Å². The zero-order valence-corrected chi connectivity index (χ0v) is 35.4. The minimum Gasteiger partial charge on any atom is -0.489 e. The van der Waals surface area contributed by atoms with Crippen LogP contribution in [-0.2, 0) is 52.5 Å². The van der Waals surface area contributed by atoms with Gasteiger partial charge in [0.2, 0.25) is 0 Å². The van der Waals surface area contributed by atoms with Crippen molar-refractivity contribution in [2.24, 2.45) is 23.7 Å². The fourth-order valence-electron chi connectivity index (χ4n) is 6.94. The maximum absolute atomic E-state index is 13.3. The van der Waals surface area contributed by atoms with E-state index in [-0.39, 0.29) is 54.2 Å². The molecule has 1 N–H and O–H groups in total. The molecule has 0 saturated heterocycles. The van der Waals surface area contributed by atoms with Gasteiger partial charge in [-0.3, -0.25) is 19.2 Å². The van der Waals surface area contributed by atoms with Crippen molar-refractivity contribution >= 4 is 35.8 Å². The van der Waals surface area contributed by atoms with Gasteiger partial charge in [-0.05, 0) is 115 Å². The summed E-state index contributed by atoms with van der Waals surface area (Å²) in [6.45, 7) is 11.8. The van der Waals surface area contributed by atoms with E-state index in [1.807, 2.05) is 0 Å². The minimum absolute atomic E-state index is 0.0742. The predicted molar refractivity (Wildman–Crippen MR) is 222 cm³/mol. The van der Waals surface area contributed by atoms with E-state index in [1.54, 1.807) is 0 Å². The van der Waals surface area contributed by atoms with Gasteiger partial charge in [-0.2, -0.15) is 0 Å². The Morgan fingerprint density at radius 1 is 0.525 bits per heavy atom. The molecule has 2 aliphatic carbocycles. The lowest BCUT2D eigenvalue weighted by atomic mass is 9.82. The normalized spacial score (nSPS) is 19.0. The molecule has 0 aromatic heterocycles. The zero-order valence-electron chi connectivity index (χ0n) is 35.4. The van der Waals surface area contributed by atoms with Crippen molar-refractivity contribution in [3.8, 4) is 17.2 Å². The first-order valence-electron chi connectivity index (χ1n) is 21.6. The van der Waals surface area contributed by atoms with E-state index in [2.05, 4.69) is 19.7 Å². The molecule has 2 saturated carbocycles. The van der Waals surface area contributed by atoms with Crippen LogP contribution in [0.2, 0.25) is 0 Å². The van der Waals surface area contributed by atoms with Crippen LogP contribution in [0.3, 0.4) is 0 Å². The van der Waals surface area contributed by atoms with Gasteiger partial charge in [-0.15, -0.1) is 0 Å². The fraction of sp³-hybridized carbons (Fsp3) is 0.609. The van der Waals surface area contributed by atoms with Gasteiger partial charge in [-0.25, -0.2) is 9.59 Å². The lowest BCUT2D eigenvalue weighted by Gasteiger charge is -2.26. The predicted octanol–water partition coefficient (Wildman–Crippen LogP) is 7.07. The summed E-state index contributed by atoms with van der Waals surface area (Å²) in [4.78, 5) is 74.4. The van der Waals surface area contributed by atoms with Gasteiger partial charge in [0.15, 0.2) is 17.8 Å². The molecule has 1 aromatic carbocycles. The summed E-state index contributed by atoms with van der Waals surface area (Å²) >= 11 is 0. The highest BCUT2D eigenvalue weighted by Crippen LogP contribution is 2.37. The van der Waals surface area contributed by atoms with E-state index < -0.39 is 42.0 Å². The maximum Gasteiger partial charge on any atom is 0.330 e. The third kappa shape index (κ3) is 19.9. The van der Waals surface area contributed by atoms with Crippen molar-refractivity contribution in [3.05, 3.63) is 56.2 Å². The summed E-state index contributed by atoms with van der Waals surface area (Å²) in [5.41, 5.74) is 0. The highest BCUT2D eigenvalue weighted by Gasteiger charge is 2.34. The quantitative estimate of drug-likeness (QED) is 0.0163. The number of hydrogen-bond acceptors (Lipinski definition) is 15. The number of benzene rings is 1. The van der Waals surface area contributed by atoms with Crippen molar-refractivity contribution in [2.45, 2.75) is 115 Å². The van der Waals surface area contributed by atoms with E-state index in [4.69, 9.17) is 37.9 Å². The van der Waals surface area contributed by atoms with Crippen LogP contribution in [0.25, 0.3) is 0 Å². The Kier molecular flexibility index (Phi) is 24.2. The second-order valence-electron chi connectivity index (χ2n) is 15.2. The average Bonchev–Trinajstić information content (AvgIpc) is 3.28. The van der Waals surface area contributed by atoms with Crippen LogP contribution >= 0.6 is 0 Å². The molecule has 1 unspecified atom stereocenters. The van der Waals surface area contributed by atoms with Crippen LogP contribution < -0.4 is 14.2 Å². The average molecular weight is 857 g/mol. The van der Waals surface area contributed by atoms with E-state index in [0.717, 1.165) is 57.1 Å². The molecule has 1 aromatic rings. The number of esters is 6. The summed E-state index contributed by atoms with van der Waals surface area (Å²) < 4.78 is 43.5. The number of unbranched alkanes of at least 4 members (excludes halogenated alkanes) is 6. The third-order valence-corrected chi connectivity index (χ3v) is 10.6. The molecule has 15 nitrogen and oxygen atoms in total. The van der Waals surface area contributed by atoms with Crippen LogP contribution in [0.1, 0.15) is 109 Å². The molecule has 338 valence electrons. The van der Waals surface area contributed by atoms with E-state index in [9.17, 15) is 33.9 Å². The fourth-order valence-corrected chi connectivity index (χ4v) is 6.94. The molecule has 0 heterocycles. The monoisotopic (exact) mass is 856 g/mol. The van der Waals surface area contributed by atoms with Gasteiger partial charge >= 0.3 is 35.8 Å². The second-order valence-corrected chi connectivity index (χ2v) is 15.2. The Morgan fingerprint density at radius 2 is 0.951 bits per heavy atom. The first-order chi connectivity index (χ1) is 29.5. The number of carbonyl (C=O) groups excluding carboxylic acids is 6. The van der Waals surface area contributed by atoms with Crippen molar-refractivity contribution < 1.29 is 71.8 Å². The number of aliphatic hydroxyl groups excluding tert-OH is 1. The lowest BCUT2D eigenvalue weighted by molar-refractivity contribution is -0.152. The van der Waals surface area contributed by atoms with E-state index in [1.165, 1.54) is 24.3 Å². The van der Waals surface area contributed by atoms with Gasteiger partial charge in [-0.1, -0.05) is 26.2 Å². The number of rotatable bonds is 29. The van der Waals surface area contributed by atoms with Crippen LogP contribution in [-0.4, -0.2) is 86.9 Å². The van der Waals surface area contributed by atoms with Crippen LogP contribution in [0, 0.1) is 23.7 Å². The van der Waals surface area contributed by atoms with E-state index in [0.29, 0.717) is 90.6 Å². The van der Waals surface area contributed by atoms with Gasteiger partial charge in [0.25, 0.3) is 0 Å². The molecule has 0 aliphatic heterocycles. The Labute approximate surface area is 359 Å². The largest absolute Gasteiger partial charge is 0.489 e. The first kappa shape index (κ1) is 50.3. The van der Waals surface area contributed by atoms with Gasteiger partial charge < -0.3 is 43.0 Å². The Bertz CT molecular complexity index is 1570. The van der Waals surface area contributed by atoms with Crippen LogP contribution in [0.15, 0.2) is 56.2 Å². The minimum atomic E-state index is -0.956. The molecule has 61 heavy (non-hydrogen) atoms. The van der Waals surface area contributed by atoms with Gasteiger partial charge in [0.05, 0.1) is 63.3 Å². The molecule has 0 amide bonds. The Morgan fingerprint density at radius 3 is 1.43 bits per heavy atom. The zero-order chi connectivity index (χ0) is 44.2. The standard InChI is InChI=1S/C46H64O15/c1-4-40(47)55-26-11-7-9-13-28-58-43(50)33-16-20-35(21-17-33)45(52)60-37-24-25-38(39(32-37)54-30-15-31-57-42(49)6-3)61-46(53)36-22-18-34(19-23-36)44(51)59-29-14-10-8-12-27-56-41(48)5-2/h4-6,24-25,32-36,41,48H,1-3,7-23,26-31H2. The molecule has 1 atom stereocenters. The van der Waals surface area contributed by atoms with Crippen LogP contribution in [0.4, 0.5) is 0 Å². The molecular formula is C46H64O15. The topological polar surface area (TPSA) is 196 Å². The number of ether oxygens (including phenoxy) is 8. The van der Waals surface area contributed by atoms with E-state index >= 15 is 0 Å². The van der Waals surface area contributed by atoms with Crippen LogP contribution in [0.5, 0.6) is 17.2 Å². The molecule has 3 rings (SSSR count). The highest BCUT2D eigenvalue weighted by molar-refractivity contribution is 5.81. The summed E-state index contributed by atoms with van der Waals surface area (Å²) in [5, 5.41) is 9.33. The Hall–Kier alpha value is -5.02. The number of hydrogen-bond donors (Lipinski definition) is 1. The smallest absolute Gasteiger partial charge is 0.330 e. The third-order valence-electron chi connectivity index (χ3n) is 10.6. The summed E-state index contributed by atoms with van der Waals surface area (Å²) in [5.74, 6) is -3.40. The van der Waals surface area contributed by atoms with Gasteiger partial charge in [0, 0.05) is 24.6 Å². The summed E-state index contributed by atoms with van der Waals surface area (Å²) in [6, 6.07) is 4.49. The second kappa shape index (κ2) is 29.3. The van der Waals surface area contributed by atoms with Crippen molar-refractivity contribution in [1.29, 1.82) is 0 Å². The molecule has 0 spiro atoms. The molecule has 0 radical (unpaired) electrons. The molecule has 2 fully saturated rings. The highest BCUT2D eigenvalue weighted by atomic mass is 16.6.